The molecule has 3 heterocycles. The Bertz CT molecular complexity index is 944. The Labute approximate surface area is 152 Å². The third-order valence-electron chi connectivity index (χ3n) is 4.95. The van der Waals surface area contributed by atoms with Gasteiger partial charge in [-0.1, -0.05) is 12.1 Å². The first-order chi connectivity index (χ1) is 12.7. The molecule has 7 heteroatoms. The van der Waals surface area contributed by atoms with Gasteiger partial charge in [0.05, 0.1) is 35.9 Å². The van der Waals surface area contributed by atoms with Gasteiger partial charge in [-0.05, 0) is 38.8 Å². The molecule has 0 N–H and O–H groups in total. The van der Waals surface area contributed by atoms with Crippen molar-refractivity contribution < 1.29 is 9.53 Å². The van der Waals surface area contributed by atoms with Crippen LogP contribution >= 0.6 is 0 Å². The molecule has 0 saturated carbocycles. The van der Waals surface area contributed by atoms with Crippen molar-refractivity contribution >= 4 is 28.2 Å². The standard InChI is InChI=1S/C19H23N5O2/c1-3-26-19(25)14-8-10-23(11-9-14)12-24-18-17(13(2)22-24)20-15-6-4-5-7-16(15)21-18/h4-7,14H,3,8-12H2,1-2H3. The number of hydrogen-bond donors (Lipinski definition) is 0. The lowest BCUT2D eigenvalue weighted by molar-refractivity contribution is -0.149. The highest BCUT2D eigenvalue weighted by Crippen LogP contribution is 2.22. The minimum Gasteiger partial charge on any atom is -0.466 e. The summed E-state index contributed by atoms with van der Waals surface area (Å²) < 4.78 is 7.07. The van der Waals surface area contributed by atoms with Gasteiger partial charge in [-0.3, -0.25) is 9.69 Å². The van der Waals surface area contributed by atoms with Crippen LogP contribution in [0.3, 0.4) is 0 Å². The molecule has 26 heavy (non-hydrogen) atoms. The summed E-state index contributed by atoms with van der Waals surface area (Å²) in [6.07, 6.45) is 1.65. The summed E-state index contributed by atoms with van der Waals surface area (Å²) in [5.74, 6) is -0.0455. The van der Waals surface area contributed by atoms with Crippen LogP contribution in [0.2, 0.25) is 0 Å². The molecule has 0 amide bonds. The molecule has 0 bridgehead atoms. The minimum absolute atomic E-state index is 0.0195. The number of carbonyl (C=O) groups is 1. The number of ether oxygens (including phenoxy) is 1. The van der Waals surface area contributed by atoms with Gasteiger partial charge in [0.1, 0.15) is 5.52 Å². The predicted octanol–water partition coefficient (Wildman–Crippen LogP) is 2.52. The molecule has 3 aromatic rings. The Kier molecular flexibility index (Phi) is 4.55. The number of rotatable bonds is 4. The lowest BCUT2D eigenvalue weighted by atomic mass is 9.97. The first kappa shape index (κ1) is 16.9. The zero-order chi connectivity index (χ0) is 18.1. The quantitative estimate of drug-likeness (QED) is 0.671. The van der Waals surface area contributed by atoms with Gasteiger partial charge < -0.3 is 4.74 Å². The van der Waals surface area contributed by atoms with Crippen LogP contribution < -0.4 is 0 Å². The third-order valence-corrected chi connectivity index (χ3v) is 4.95. The number of aromatic nitrogens is 4. The maximum Gasteiger partial charge on any atom is 0.309 e. The molecule has 1 aliphatic rings. The zero-order valence-electron chi connectivity index (χ0n) is 15.2. The van der Waals surface area contributed by atoms with Gasteiger partial charge in [0.25, 0.3) is 0 Å². The molecule has 1 saturated heterocycles. The number of carbonyl (C=O) groups excluding carboxylic acids is 1. The van der Waals surface area contributed by atoms with Crippen LogP contribution in [0.1, 0.15) is 25.5 Å². The highest BCUT2D eigenvalue weighted by molar-refractivity contribution is 5.85. The predicted molar refractivity (Wildman–Crippen MR) is 98.5 cm³/mol. The summed E-state index contributed by atoms with van der Waals surface area (Å²) in [5.41, 5.74) is 4.32. The van der Waals surface area contributed by atoms with Crippen LogP contribution in [0.15, 0.2) is 24.3 Å². The molecule has 7 nitrogen and oxygen atoms in total. The molecule has 4 rings (SSSR count). The molecule has 0 spiro atoms. The maximum atomic E-state index is 11.9. The summed E-state index contributed by atoms with van der Waals surface area (Å²) in [7, 11) is 0. The first-order valence-electron chi connectivity index (χ1n) is 9.14. The fourth-order valence-electron chi connectivity index (χ4n) is 3.55. The van der Waals surface area contributed by atoms with Gasteiger partial charge in [0.2, 0.25) is 0 Å². The van der Waals surface area contributed by atoms with Crippen LogP contribution in [0.4, 0.5) is 0 Å². The van der Waals surface area contributed by atoms with Crippen molar-refractivity contribution in [1.29, 1.82) is 0 Å². The first-order valence-corrected chi connectivity index (χ1v) is 9.14. The van der Waals surface area contributed by atoms with E-state index in [1.165, 1.54) is 0 Å². The Balaban J connectivity index is 1.53. The Hall–Kier alpha value is -2.54. The van der Waals surface area contributed by atoms with E-state index in [0.717, 1.165) is 53.8 Å². The van der Waals surface area contributed by atoms with E-state index < -0.39 is 0 Å². The van der Waals surface area contributed by atoms with Crippen LogP contribution in [0.25, 0.3) is 22.2 Å². The number of esters is 1. The van der Waals surface area contributed by atoms with Gasteiger partial charge in [0.15, 0.2) is 5.65 Å². The number of para-hydroxylation sites is 2. The van der Waals surface area contributed by atoms with Crippen molar-refractivity contribution in [1.82, 2.24) is 24.6 Å². The van der Waals surface area contributed by atoms with E-state index in [4.69, 9.17) is 14.7 Å². The number of fused-ring (bicyclic) bond motifs is 2. The zero-order valence-corrected chi connectivity index (χ0v) is 15.2. The minimum atomic E-state index is -0.0649. The number of aryl methyl sites for hydroxylation is 1. The van der Waals surface area contributed by atoms with Crippen LogP contribution in [-0.4, -0.2) is 50.3 Å². The summed E-state index contributed by atoms with van der Waals surface area (Å²) in [4.78, 5) is 23.7. The highest BCUT2D eigenvalue weighted by Gasteiger charge is 2.26. The van der Waals surface area contributed by atoms with Crippen molar-refractivity contribution in [2.45, 2.75) is 33.4 Å². The summed E-state index contributed by atoms with van der Waals surface area (Å²) in [5, 5.41) is 4.65. The largest absolute Gasteiger partial charge is 0.466 e. The van der Waals surface area contributed by atoms with E-state index in [2.05, 4.69) is 10.00 Å². The van der Waals surface area contributed by atoms with E-state index in [9.17, 15) is 4.79 Å². The van der Waals surface area contributed by atoms with Gasteiger partial charge in [-0.15, -0.1) is 0 Å². The van der Waals surface area contributed by atoms with E-state index in [1.807, 2.05) is 42.8 Å². The average Bonchev–Trinajstić information content (AvgIpc) is 2.96. The fourth-order valence-corrected chi connectivity index (χ4v) is 3.55. The van der Waals surface area contributed by atoms with Crippen molar-refractivity contribution in [3.8, 4) is 0 Å². The molecule has 0 radical (unpaired) electrons. The molecule has 0 aliphatic carbocycles. The second-order valence-electron chi connectivity index (χ2n) is 6.76. The van der Waals surface area contributed by atoms with Gasteiger partial charge in [-0.2, -0.15) is 5.10 Å². The van der Waals surface area contributed by atoms with Crippen molar-refractivity contribution in [2.75, 3.05) is 19.7 Å². The molecule has 1 fully saturated rings. The Morgan fingerprint density at radius 3 is 2.58 bits per heavy atom. The molecule has 0 atom stereocenters. The third kappa shape index (κ3) is 3.14. The van der Waals surface area contributed by atoms with E-state index in [0.29, 0.717) is 13.3 Å². The van der Waals surface area contributed by atoms with Gasteiger partial charge in [0, 0.05) is 13.1 Å². The number of hydrogen-bond acceptors (Lipinski definition) is 6. The topological polar surface area (TPSA) is 73.1 Å². The molecule has 0 unspecified atom stereocenters. The number of piperidine rings is 1. The number of nitrogens with zero attached hydrogens (tertiary/aromatic N) is 5. The Morgan fingerprint density at radius 2 is 1.88 bits per heavy atom. The second kappa shape index (κ2) is 6.99. The smallest absolute Gasteiger partial charge is 0.309 e. The molecule has 2 aromatic heterocycles. The van der Waals surface area contributed by atoms with Crippen LogP contribution in [0, 0.1) is 12.8 Å². The number of likely N-dealkylation sites (tertiary alicyclic amines) is 1. The van der Waals surface area contributed by atoms with Crippen molar-refractivity contribution in [3.63, 3.8) is 0 Å². The molecule has 1 aliphatic heterocycles. The average molecular weight is 353 g/mol. The lowest BCUT2D eigenvalue weighted by Gasteiger charge is -2.30. The monoisotopic (exact) mass is 353 g/mol. The van der Waals surface area contributed by atoms with E-state index in [1.54, 1.807) is 0 Å². The molecular weight excluding hydrogens is 330 g/mol. The number of benzene rings is 1. The van der Waals surface area contributed by atoms with E-state index >= 15 is 0 Å². The molecule has 1 aromatic carbocycles. The van der Waals surface area contributed by atoms with Crippen LogP contribution in [-0.2, 0) is 16.2 Å². The van der Waals surface area contributed by atoms with Crippen molar-refractivity contribution in [3.05, 3.63) is 30.0 Å². The summed E-state index contributed by atoms with van der Waals surface area (Å²) >= 11 is 0. The molecular formula is C19H23N5O2. The SMILES string of the molecule is CCOC(=O)C1CCN(Cn2nc(C)c3nc4ccccc4nc32)CC1. The summed E-state index contributed by atoms with van der Waals surface area (Å²) in [6.45, 7) is 6.63. The lowest BCUT2D eigenvalue weighted by Crippen LogP contribution is -2.38. The summed E-state index contributed by atoms with van der Waals surface area (Å²) in [6, 6.07) is 7.88. The second-order valence-corrected chi connectivity index (χ2v) is 6.76. The Morgan fingerprint density at radius 1 is 1.19 bits per heavy atom. The van der Waals surface area contributed by atoms with Gasteiger partial charge in [-0.25, -0.2) is 14.6 Å². The van der Waals surface area contributed by atoms with Gasteiger partial charge >= 0.3 is 5.97 Å². The normalized spacial score (nSPS) is 16.4. The molecule has 136 valence electrons. The van der Waals surface area contributed by atoms with E-state index in [-0.39, 0.29) is 11.9 Å². The highest BCUT2D eigenvalue weighted by atomic mass is 16.5. The maximum absolute atomic E-state index is 11.9. The van der Waals surface area contributed by atoms with Crippen molar-refractivity contribution in [2.24, 2.45) is 5.92 Å². The fraction of sp³-hybridized carbons (Fsp3) is 0.474. The van der Waals surface area contributed by atoms with Crippen LogP contribution in [0.5, 0.6) is 0 Å².